The zero-order chi connectivity index (χ0) is 97.9. The fraction of sp³-hybridized carbons (Fsp3) is 0.156. The van der Waals surface area contributed by atoms with E-state index in [-0.39, 0.29) is 35.6 Å². The van der Waals surface area contributed by atoms with Crippen LogP contribution in [0.4, 0.5) is 90.2 Å². The van der Waals surface area contributed by atoms with Gasteiger partial charge in [0.1, 0.15) is 5.69 Å². The van der Waals surface area contributed by atoms with E-state index in [9.17, 15) is 26.2 Å². The Hall–Kier alpha value is -13.4. The van der Waals surface area contributed by atoms with Crippen molar-refractivity contribution in [3.05, 3.63) is 372 Å². The Kier molecular flexibility index (Phi) is 32.9. The van der Waals surface area contributed by atoms with Gasteiger partial charge < -0.3 is 63.8 Å². The summed E-state index contributed by atoms with van der Waals surface area (Å²) < 4.78 is 78.6. The number of aliphatic imine (C=N–C) groups is 6. The predicted molar refractivity (Wildman–Crippen MR) is 586 cm³/mol. The molecule has 22 rings (SSSR count). The highest BCUT2D eigenvalue weighted by Gasteiger charge is 2.35. The lowest BCUT2D eigenvalue weighted by atomic mass is 9.90. The van der Waals surface area contributed by atoms with E-state index < -0.39 is 34.2 Å². The van der Waals surface area contributed by atoms with Gasteiger partial charge in [-0.25, -0.2) is 38.7 Å². The number of para-hydroxylation sites is 5. The van der Waals surface area contributed by atoms with Crippen molar-refractivity contribution in [1.29, 1.82) is 0 Å². The molecule has 0 saturated carbocycles. The summed E-state index contributed by atoms with van der Waals surface area (Å²) in [7, 11) is -1.38. The van der Waals surface area contributed by atoms with Gasteiger partial charge in [-0.05, 0) is 210 Å². The summed E-state index contributed by atoms with van der Waals surface area (Å²) in [6, 6.07) is 106. The van der Waals surface area contributed by atoms with Crippen molar-refractivity contribution in [2.24, 2.45) is 64.4 Å². The number of nitrogens with two attached hydrogens (primary N) is 6. The van der Waals surface area contributed by atoms with E-state index in [1.807, 2.05) is 190 Å². The molecule has 141 heavy (non-hydrogen) atoms. The van der Waals surface area contributed by atoms with Crippen LogP contribution in [0.3, 0.4) is 0 Å². The summed E-state index contributed by atoms with van der Waals surface area (Å²) in [6.45, 7) is 4.38. The van der Waals surface area contributed by atoms with Gasteiger partial charge in [-0.1, -0.05) is 211 Å². The van der Waals surface area contributed by atoms with Crippen LogP contribution >= 0.6 is 82.0 Å². The molecule has 0 saturated heterocycles. The largest absolute Gasteiger partial charge is 0.416 e. The standard InChI is InChI=1S/C21H19N3S.C20H16F3N3OS.C19H21N3S.C19H17N3S.C15H13Cl2N3S.C15H13F2N3S/c22-21(24-13-14-25-20-12-5-4-11-19(20)24)23-18-10-6-9-17(15-18)16-7-2-1-3-8-16;21-20(22,23)14-8-9-18-17(12-14)26(10-11-28(18)27)19(24)25-16-7-3-5-13-4-1-2-6-15(13)16;20-19(22-12-13-23-18-11-4-3-10-17(18)22)21-16-9-5-7-14-6-1-2-8-15(14)16;20-19(22-11-12-23-18-8-4-3-7-17(18)22)21-16-10-9-14-5-1-2-6-15(14)13-16;16-10-7-11(17)9-12(8-10)19-15(18)20-5-6-21-14-4-2-1-3-13(14)20;16-10-4-3-5-11(14(10)17)19-15(18)20-8-9-21-13-7-2-1-6-12(13)20/h1-12,15H,13-14H2,(H2,22,23);1-9,12H,10-11H2,(H2,24,25);3-5,7,9-11H,1-2,6,8,12-13H2,(H2,20,21);1-10,13H,11-12H2,(H2,20,21);1-4,7-9H,5-6H2,(H2,18,19);1-7H,8-9H2,(H2,18,19). The van der Waals surface area contributed by atoms with E-state index in [4.69, 9.17) is 62.6 Å². The topological polar surface area (TPSA) is 267 Å². The molecule has 0 bridgehead atoms. The van der Waals surface area contributed by atoms with Crippen LogP contribution in [-0.4, -0.2) is 114 Å². The van der Waals surface area contributed by atoms with Gasteiger partial charge in [0, 0.05) is 114 Å². The minimum Gasteiger partial charge on any atom is -0.369 e. The van der Waals surface area contributed by atoms with Gasteiger partial charge in [-0.2, -0.15) is 13.2 Å². The Bertz CT molecular complexity index is 7240. The van der Waals surface area contributed by atoms with E-state index in [0.717, 1.165) is 141 Å². The molecule has 716 valence electrons. The van der Waals surface area contributed by atoms with Gasteiger partial charge in [-0.15, -0.1) is 58.8 Å². The van der Waals surface area contributed by atoms with E-state index in [1.54, 1.807) is 36.0 Å². The number of rotatable bonds is 7. The molecule has 1 unspecified atom stereocenters. The van der Waals surface area contributed by atoms with E-state index in [2.05, 4.69) is 179 Å². The molecule has 0 aromatic heterocycles. The molecule has 1 atom stereocenters. The van der Waals surface area contributed by atoms with Crippen LogP contribution in [0.1, 0.15) is 29.5 Å². The molecule has 19 nitrogen and oxygen atoms in total. The molecule has 12 N–H and O–H groups in total. The molecule has 0 amide bonds. The Balaban J connectivity index is 0.000000117. The highest BCUT2D eigenvalue weighted by molar-refractivity contribution is 8.00. The molecule has 0 radical (unpaired) electrons. The van der Waals surface area contributed by atoms with Crippen LogP contribution < -0.4 is 63.8 Å². The molecule has 0 spiro atoms. The van der Waals surface area contributed by atoms with Gasteiger partial charge >= 0.3 is 6.18 Å². The van der Waals surface area contributed by atoms with Crippen LogP contribution in [0.15, 0.2) is 393 Å². The smallest absolute Gasteiger partial charge is 0.369 e. The predicted octanol–water partition coefficient (Wildman–Crippen LogP) is 25.9. The van der Waals surface area contributed by atoms with E-state index >= 15 is 0 Å². The molecule has 6 aliphatic heterocycles. The summed E-state index contributed by atoms with van der Waals surface area (Å²) in [5.41, 5.74) is 51.4. The number of hydrogen-bond acceptors (Lipinski definition) is 12. The molecule has 15 aromatic carbocycles. The number of halogens is 7. The van der Waals surface area contributed by atoms with Crippen molar-refractivity contribution in [3.8, 4) is 11.1 Å². The molecular formula is C109H99Cl2F5N18OS6. The molecule has 0 fully saturated rings. The summed E-state index contributed by atoms with van der Waals surface area (Å²) in [6.07, 6.45) is 0.326. The first-order valence-corrected chi connectivity index (χ1v) is 52.6. The molecule has 32 heteroatoms. The second-order valence-corrected chi connectivity index (χ2v) is 40.9. The average Bonchev–Trinajstić information content (AvgIpc) is 0.778. The Morgan fingerprint density at radius 3 is 1.26 bits per heavy atom. The van der Waals surface area contributed by atoms with Crippen LogP contribution in [0.5, 0.6) is 0 Å². The molecule has 6 heterocycles. The van der Waals surface area contributed by atoms with Crippen molar-refractivity contribution in [2.75, 3.05) is 103 Å². The normalized spacial score (nSPS) is 15.8. The SMILES string of the molecule is NC(=Nc1cc(Cl)cc(Cl)c1)N1CCSc2ccccc21.NC(=Nc1ccc2ccccc2c1)N1CCSc2ccccc21.NC(=Nc1cccc(-c2ccccc2)c1)N1CCSc2ccccc21.NC(=Nc1cccc(F)c1F)N1CCSc2ccccc21.NC(=Nc1cccc2c1CCCC2)N1CCSc2ccccc21.NC(=Nc1cccc2ccccc12)N1CCS(=O)c2ccc(C(F)(F)F)cc21. The van der Waals surface area contributed by atoms with Crippen molar-refractivity contribution < 1.29 is 26.2 Å². The molecule has 7 aliphatic rings. The van der Waals surface area contributed by atoms with Crippen LogP contribution in [0.25, 0.3) is 32.7 Å². The van der Waals surface area contributed by atoms with Crippen molar-refractivity contribution >= 4 is 218 Å². The van der Waals surface area contributed by atoms with Crippen LogP contribution in [0.2, 0.25) is 10.0 Å². The Morgan fingerprint density at radius 1 is 0.326 bits per heavy atom. The minimum atomic E-state index is -4.50. The highest BCUT2D eigenvalue weighted by Crippen LogP contribution is 2.44. The Labute approximate surface area is 849 Å². The summed E-state index contributed by atoms with van der Waals surface area (Å²) >= 11 is 21.2. The number of thioether (sulfide) groups is 5. The number of anilines is 6. The first kappa shape index (κ1) is 99.1. The average molecular weight is 2040 g/mol. The van der Waals surface area contributed by atoms with Crippen molar-refractivity contribution in [2.45, 2.75) is 61.2 Å². The molecule has 15 aromatic rings. The maximum Gasteiger partial charge on any atom is 0.416 e. The minimum absolute atomic E-state index is 0.0635. The lowest BCUT2D eigenvalue weighted by Gasteiger charge is -2.30. The Morgan fingerprint density at radius 2 is 0.723 bits per heavy atom. The lowest BCUT2D eigenvalue weighted by Crippen LogP contribution is -2.43. The molecular weight excluding hydrogens is 1940 g/mol. The third-order valence-corrected chi connectivity index (χ3v) is 30.7. The number of alkyl halides is 3. The zero-order valence-corrected chi connectivity index (χ0v) is 82.8. The molecule has 1 aliphatic carbocycles. The second kappa shape index (κ2) is 46.8. The third kappa shape index (κ3) is 24.8. The fourth-order valence-electron chi connectivity index (χ4n) is 16.9. The van der Waals surface area contributed by atoms with Gasteiger partial charge in [-0.3, -0.25) is 4.21 Å². The van der Waals surface area contributed by atoms with Crippen LogP contribution in [0, 0.1) is 11.6 Å². The second-order valence-electron chi connectivity index (χ2n) is 32.8. The van der Waals surface area contributed by atoms with Gasteiger partial charge in [0.2, 0.25) is 35.8 Å². The van der Waals surface area contributed by atoms with E-state index in [0.29, 0.717) is 56.7 Å². The van der Waals surface area contributed by atoms with Crippen molar-refractivity contribution in [1.82, 2.24) is 0 Å². The number of guanidine groups is 6. The van der Waals surface area contributed by atoms with Crippen molar-refractivity contribution in [3.63, 3.8) is 0 Å². The van der Waals surface area contributed by atoms with E-state index in [1.165, 1.54) is 95.1 Å². The summed E-state index contributed by atoms with van der Waals surface area (Å²) in [4.78, 5) is 45.2. The number of fused-ring (bicyclic) bond motifs is 9. The number of nitrogens with zero attached hydrogens (tertiary/aromatic N) is 12. The highest BCUT2D eigenvalue weighted by atomic mass is 35.5. The third-order valence-electron chi connectivity index (χ3n) is 23.7. The zero-order valence-electron chi connectivity index (χ0n) is 76.4. The maximum absolute atomic E-state index is 13.7. The number of benzene rings is 15. The number of aryl methyl sites for hydroxylation is 1. The van der Waals surface area contributed by atoms with Gasteiger partial charge in [0.15, 0.2) is 11.6 Å². The first-order valence-electron chi connectivity index (χ1n) is 45.6. The van der Waals surface area contributed by atoms with Gasteiger partial charge in [0.05, 0.1) is 83.8 Å². The monoisotopic (exact) mass is 2030 g/mol. The number of hydrogen-bond donors (Lipinski definition) is 6. The summed E-state index contributed by atoms with van der Waals surface area (Å²) in [5.74, 6) is 5.62. The lowest BCUT2D eigenvalue weighted by molar-refractivity contribution is -0.137. The fourth-order valence-corrected chi connectivity index (χ4v) is 23.6. The summed E-state index contributed by atoms with van der Waals surface area (Å²) in [5, 5.41) is 5.35. The van der Waals surface area contributed by atoms with Gasteiger partial charge in [0.25, 0.3) is 0 Å². The van der Waals surface area contributed by atoms with Crippen LogP contribution in [-0.2, 0) is 29.8 Å². The maximum atomic E-state index is 13.7. The first-order chi connectivity index (χ1) is 68.6. The quantitative estimate of drug-likeness (QED) is 0.0492.